The number of ether oxygens (including phenoxy) is 2. The maximum atomic E-state index is 12.2. The van der Waals surface area contributed by atoms with Crippen LogP contribution in [0.3, 0.4) is 0 Å². The Morgan fingerprint density at radius 3 is 2.59 bits per heavy atom. The summed E-state index contributed by atoms with van der Waals surface area (Å²) in [7, 11) is 0. The van der Waals surface area contributed by atoms with E-state index >= 15 is 0 Å². The number of benzene rings is 1. The molecule has 0 unspecified atom stereocenters. The second kappa shape index (κ2) is 8.99. The Kier molecular flexibility index (Phi) is 6.45. The monoisotopic (exact) mass is 388 g/mol. The van der Waals surface area contributed by atoms with Crippen molar-refractivity contribution in [1.29, 1.82) is 0 Å². The van der Waals surface area contributed by atoms with Gasteiger partial charge in [0.2, 0.25) is 0 Å². The van der Waals surface area contributed by atoms with Crippen molar-refractivity contribution in [3.63, 3.8) is 0 Å². The number of aromatic nitrogens is 1. The maximum absolute atomic E-state index is 12.2. The SMILES string of the molecule is Cc1nc(COc2ccc(C(=O)O[C@H](C)C(=O)NC3CCCC3)cc2)cs1. The van der Waals surface area contributed by atoms with Gasteiger partial charge in [-0.15, -0.1) is 11.3 Å². The molecule has 1 aromatic carbocycles. The van der Waals surface area contributed by atoms with E-state index in [-0.39, 0.29) is 11.9 Å². The van der Waals surface area contributed by atoms with Crippen molar-refractivity contribution in [2.24, 2.45) is 0 Å². The van der Waals surface area contributed by atoms with Gasteiger partial charge in [-0.3, -0.25) is 4.79 Å². The van der Waals surface area contributed by atoms with Crippen LogP contribution in [0.1, 0.15) is 53.7 Å². The Morgan fingerprint density at radius 2 is 1.96 bits per heavy atom. The summed E-state index contributed by atoms with van der Waals surface area (Å²) in [6.45, 7) is 3.92. The summed E-state index contributed by atoms with van der Waals surface area (Å²) in [5, 5.41) is 5.89. The number of aryl methyl sites for hydroxylation is 1. The van der Waals surface area contributed by atoms with Crippen LogP contribution >= 0.6 is 11.3 Å². The van der Waals surface area contributed by atoms with Gasteiger partial charge in [0.1, 0.15) is 12.4 Å². The van der Waals surface area contributed by atoms with Gasteiger partial charge in [-0.2, -0.15) is 0 Å². The van der Waals surface area contributed by atoms with Gasteiger partial charge in [-0.05, 0) is 51.0 Å². The molecule has 0 saturated heterocycles. The Balaban J connectivity index is 1.48. The number of esters is 1. The highest BCUT2D eigenvalue weighted by Gasteiger charge is 2.23. The van der Waals surface area contributed by atoms with Crippen molar-refractivity contribution in [2.75, 3.05) is 0 Å². The lowest BCUT2D eigenvalue weighted by atomic mass is 10.2. The van der Waals surface area contributed by atoms with Crippen molar-refractivity contribution in [2.45, 2.75) is 58.3 Å². The molecule has 27 heavy (non-hydrogen) atoms. The molecular formula is C20H24N2O4S. The molecule has 1 saturated carbocycles. The van der Waals surface area contributed by atoms with E-state index in [1.54, 1.807) is 42.5 Å². The van der Waals surface area contributed by atoms with E-state index in [0.29, 0.717) is 17.9 Å². The van der Waals surface area contributed by atoms with E-state index in [2.05, 4.69) is 10.3 Å². The normalized spacial score (nSPS) is 15.3. The highest BCUT2D eigenvalue weighted by Crippen LogP contribution is 2.18. The highest BCUT2D eigenvalue weighted by molar-refractivity contribution is 7.09. The van der Waals surface area contributed by atoms with Gasteiger partial charge in [-0.1, -0.05) is 12.8 Å². The van der Waals surface area contributed by atoms with Gasteiger partial charge in [0.15, 0.2) is 6.10 Å². The van der Waals surface area contributed by atoms with E-state index in [1.807, 2.05) is 12.3 Å². The third kappa shape index (κ3) is 5.53. The summed E-state index contributed by atoms with van der Waals surface area (Å²) in [6, 6.07) is 6.88. The largest absolute Gasteiger partial charge is 0.487 e. The highest BCUT2D eigenvalue weighted by atomic mass is 32.1. The number of carbonyl (C=O) groups is 2. The molecule has 1 atom stereocenters. The minimum Gasteiger partial charge on any atom is -0.487 e. The zero-order chi connectivity index (χ0) is 19.2. The van der Waals surface area contributed by atoms with Gasteiger partial charge in [-0.25, -0.2) is 9.78 Å². The number of thiazole rings is 1. The molecule has 1 aromatic heterocycles. The molecule has 7 heteroatoms. The number of carbonyl (C=O) groups excluding carboxylic acids is 2. The van der Waals surface area contributed by atoms with Crippen molar-refractivity contribution in [1.82, 2.24) is 10.3 Å². The first-order valence-electron chi connectivity index (χ1n) is 9.16. The van der Waals surface area contributed by atoms with Crippen LogP contribution in [0.5, 0.6) is 5.75 Å². The predicted molar refractivity (Wildman–Crippen MR) is 103 cm³/mol. The molecule has 0 spiro atoms. The van der Waals surface area contributed by atoms with Crippen LogP contribution in [-0.4, -0.2) is 29.0 Å². The number of hydrogen-bond acceptors (Lipinski definition) is 6. The molecule has 144 valence electrons. The van der Waals surface area contributed by atoms with Gasteiger partial charge < -0.3 is 14.8 Å². The minimum atomic E-state index is -0.818. The van der Waals surface area contributed by atoms with Gasteiger partial charge in [0, 0.05) is 11.4 Å². The Labute approximate surface area is 162 Å². The summed E-state index contributed by atoms with van der Waals surface area (Å²) in [4.78, 5) is 28.7. The fraction of sp³-hybridized carbons (Fsp3) is 0.450. The molecule has 0 bridgehead atoms. The lowest BCUT2D eigenvalue weighted by molar-refractivity contribution is -0.129. The number of rotatable bonds is 7. The van der Waals surface area contributed by atoms with Crippen molar-refractivity contribution in [3.05, 3.63) is 45.9 Å². The molecule has 2 aromatic rings. The third-order valence-electron chi connectivity index (χ3n) is 4.50. The minimum absolute atomic E-state index is 0.205. The molecule has 0 aliphatic heterocycles. The topological polar surface area (TPSA) is 77.5 Å². The van der Waals surface area contributed by atoms with E-state index in [1.165, 1.54) is 0 Å². The summed E-state index contributed by atoms with van der Waals surface area (Å²) < 4.78 is 10.9. The molecule has 1 aliphatic carbocycles. The number of hydrogen-bond donors (Lipinski definition) is 1. The Morgan fingerprint density at radius 1 is 1.26 bits per heavy atom. The molecule has 6 nitrogen and oxygen atoms in total. The summed E-state index contributed by atoms with van der Waals surface area (Å²) >= 11 is 1.58. The quantitative estimate of drug-likeness (QED) is 0.733. The molecule has 1 fully saturated rings. The first-order chi connectivity index (χ1) is 13.0. The molecule has 1 N–H and O–H groups in total. The second-order valence-electron chi connectivity index (χ2n) is 6.71. The van der Waals surface area contributed by atoms with Gasteiger partial charge in [0.25, 0.3) is 5.91 Å². The zero-order valence-electron chi connectivity index (χ0n) is 15.6. The number of nitrogens with one attached hydrogen (secondary N) is 1. The smallest absolute Gasteiger partial charge is 0.338 e. The van der Waals surface area contributed by atoms with Crippen LogP contribution < -0.4 is 10.1 Å². The average molecular weight is 388 g/mol. The lowest BCUT2D eigenvalue weighted by Gasteiger charge is -2.17. The van der Waals surface area contributed by atoms with Crippen LogP contribution in [0.2, 0.25) is 0 Å². The van der Waals surface area contributed by atoms with Crippen LogP contribution in [0.15, 0.2) is 29.6 Å². The standard InChI is InChI=1S/C20H24N2O4S/c1-13(19(23)22-16-5-3-4-6-16)26-20(24)15-7-9-18(10-8-15)25-11-17-12-27-14(2)21-17/h7-10,12-13,16H,3-6,11H2,1-2H3,(H,22,23)/t13-/m1/s1. The molecule has 1 heterocycles. The lowest BCUT2D eigenvalue weighted by Crippen LogP contribution is -2.40. The summed E-state index contributed by atoms with van der Waals surface area (Å²) in [5.41, 5.74) is 1.26. The van der Waals surface area contributed by atoms with E-state index in [0.717, 1.165) is 36.4 Å². The number of nitrogens with zero attached hydrogens (tertiary/aromatic N) is 1. The fourth-order valence-electron chi connectivity index (χ4n) is 2.99. The van der Waals surface area contributed by atoms with E-state index < -0.39 is 12.1 Å². The predicted octanol–water partition coefficient (Wildman–Crippen LogP) is 3.63. The zero-order valence-corrected chi connectivity index (χ0v) is 16.4. The van der Waals surface area contributed by atoms with Gasteiger partial charge >= 0.3 is 5.97 Å². The first kappa shape index (κ1) is 19.4. The van der Waals surface area contributed by atoms with Crippen molar-refractivity contribution >= 4 is 23.2 Å². The van der Waals surface area contributed by atoms with Crippen molar-refractivity contribution in [3.8, 4) is 5.75 Å². The maximum Gasteiger partial charge on any atom is 0.338 e. The Bertz CT molecular complexity index is 782. The fourth-order valence-corrected chi connectivity index (χ4v) is 3.59. The average Bonchev–Trinajstić information content (AvgIpc) is 3.32. The number of amides is 1. The van der Waals surface area contributed by atoms with Crippen LogP contribution in [0.4, 0.5) is 0 Å². The Hall–Kier alpha value is -2.41. The van der Waals surface area contributed by atoms with Gasteiger partial charge in [0.05, 0.1) is 16.3 Å². The molecule has 1 amide bonds. The third-order valence-corrected chi connectivity index (χ3v) is 5.32. The summed E-state index contributed by atoms with van der Waals surface area (Å²) in [5.74, 6) is -0.122. The molecular weight excluding hydrogens is 364 g/mol. The van der Waals surface area contributed by atoms with Crippen LogP contribution in [0.25, 0.3) is 0 Å². The first-order valence-corrected chi connectivity index (χ1v) is 10.0. The molecule has 3 rings (SSSR count). The van der Waals surface area contributed by atoms with Crippen molar-refractivity contribution < 1.29 is 19.1 Å². The molecule has 0 radical (unpaired) electrons. The summed E-state index contributed by atoms with van der Waals surface area (Å²) in [6.07, 6.45) is 3.44. The van der Waals surface area contributed by atoms with E-state index in [4.69, 9.17) is 9.47 Å². The van der Waals surface area contributed by atoms with Crippen LogP contribution in [-0.2, 0) is 16.1 Å². The second-order valence-corrected chi connectivity index (χ2v) is 7.77. The van der Waals surface area contributed by atoms with Crippen LogP contribution in [0, 0.1) is 6.92 Å². The molecule has 1 aliphatic rings. The van der Waals surface area contributed by atoms with E-state index in [9.17, 15) is 9.59 Å².